The van der Waals surface area contributed by atoms with Gasteiger partial charge >= 0.3 is 0 Å². The number of anilines is 1. The van der Waals surface area contributed by atoms with Crippen LogP contribution in [-0.4, -0.2) is 62.9 Å². The lowest BCUT2D eigenvalue weighted by atomic mass is 10.0. The first-order chi connectivity index (χ1) is 16.6. The molecule has 0 saturated carbocycles. The normalized spacial score (nSPS) is 16.6. The van der Waals surface area contributed by atoms with Gasteiger partial charge in [0.05, 0.1) is 25.1 Å². The number of hydrogen-bond donors (Lipinski definition) is 3. The fraction of sp³-hybridized carbons (Fsp3) is 0.538. The number of ether oxygens (including phenoxy) is 1. The molecule has 1 aromatic carbocycles. The molecule has 0 radical (unpaired) electrons. The Bertz CT molecular complexity index is 1000. The molecular weight excluding hydrogens is 460 g/mol. The summed E-state index contributed by atoms with van der Waals surface area (Å²) in [6.07, 6.45) is 6.27. The van der Waals surface area contributed by atoms with Crippen molar-refractivity contribution in [2.24, 2.45) is 5.73 Å². The molecule has 36 heavy (non-hydrogen) atoms. The van der Waals surface area contributed by atoms with Gasteiger partial charge in [-0.25, -0.2) is 4.98 Å². The Kier molecular flexibility index (Phi) is 10.6. The van der Waals surface area contributed by atoms with Gasteiger partial charge in [0.2, 0.25) is 11.8 Å². The third-order valence-corrected chi connectivity index (χ3v) is 5.93. The second-order valence-electron chi connectivity index (χ2n) is 9.60. The molecule has 1 fully saturated rings. The Hall–Kier alpha value is -3.24. The molecule has 1 aliphatic rings. The minimum atomic E-state index is -1.16. The lowest BCUT2D eigenvalue weighted by Crippen LogP contribution is -2.56. The summed E-state index contributed by atoms with van der Waals surface area (Å²) < 4.78 is 7.34. The fourth-order valence-corrected chi connectivity index (χ4v) is 3.84. The van der Waals surface area contributed by atoms with Gasteiger partial charge in [-0.1, -0.05) is 37.8 Å². The predicted molar refractivity (Wildman–Crippen MR) is 139 cm³/mol. The first-order valence-corrected chi connectivity index (χ1v) is 12.0. The van der Waals surface area contributed by atoms with E-state index in [0.717, 1.165) is 31.4 Å². The van der Waals surface area contributed by atoms with Gasteiger partial charge in [0, 0.05) is 18.8 Å². The Morgan fingerprint density at radius 2 is 1.94 bits per heavy atom. The van der Waals surface area contributed by atoms with E-state index in [9.17, 15) is 14.4 Å². The topological polar surface area (TPSA) is 132 Å². The first-order valence-electron chi connectivity index (χ1n) is 12.0. The number of carbonyl (C=O) groups is 3. The molecule has 4 N–H and O–H groups in total. The zero-order valence-corrected chi connectivity index (χ0v) is 20.7. The second-order valence-corrected chi connectivity index (χ2v) is 9.60. The van der Waals surface area contributed by atoms with Crippen molar-refractivity contribution < 1.29 is 19.1 Å². The van der Waals surface area contributed by atoms with Crippen LogP contribution in [0.3, 0.4) is 0 Å². The summed E-state index contributed by atoms with van der Waals surface area (Å²) in [6, 6.07) is 8.78. The largest absolute Gasteiger partial charge is 0.374 e. The van der Waals surface area contributed by atoms with Crippen LogP contribution in [0.1, 0.15) is 53.0 Å². The number of nitrogens with one attached hydrogen (secondary N) is 2. The van der Waals surface area contributed by atoms with E-state index >= 15 is 0 Å². The molecule has 2 atom stereocenters. The summed E-state index contributed by atoms with van der Waals surface area (Å²) in [5, 5.41) is 5.35. The van der Waals surface area contributed by atoms with Crippen LogP contribution in [0.2, 0.25) is 0 Å². The fourth-order valence-electron chi connectivity index (χ4n) is 3.84. The summed E-state index contributed by atoms with van der Waals surface area (Å²) >= 11 is 0. The average molecular weight is 501 g/mol. The van der Waals surface area contributed by atoms with Gasteiger partial charge in [0.25, 0.3) is 5.91 Å². The molecule has 0 bridgehead atoms. The number of nitrogens with zero attached hydrogens (tertiary/aromatic N) is 3. The van der Waals surface area contributed by atoms with Crippen molar-refractivity contribution in [1.29, 1.82) is 0 Å². The molecular formula is C26H40N6O4. The molecule has 3 amide bonds. The number of rotatable bonds is 10. The zero-order valence-electron chi connectivity index (χ0n) is 20.7. The van der Waals surface area contributed by atoms with E-state index in [1.165, 1.54) is 6.33 Å². The van der Waals surface area contributed by atoms with Crippen LogP contribution < -0.4 is 16.4 Å². The molecule has 10 heteroatoms. The number of hydrogen-bond acceptors (Lipinski definition) is 6. The number of carbonyl (C=O) groups excluding carboxylic acids is 3. The van der Waals surface area contributed by atoms with Crippen LogP contribution in [0.15, 0.2) is 42.9 Å². The van der Waals surface area contributed by atoms with E-state index in [0.29, 0.717) is 0 Å². The molecule has 0 aliphatic carbocycles. The van der Waals surface area contributed by atoms with Crippen molar-refractivity contribution in [3.63, 3.8) is 0 Å². The highest BCUT2D eigenvalue weighted by Gasteiger charge is 2.29. The third kappa shape index (κ3) is 8.46. The van der Waals surface area contributed by atoms with Gasteiger partial charge in [0.1, 0.15) is 12.6 Å². The molecule has 3 rings (SSSR count). The number of piperidine rings is 1. The zero-order chi connectivity index (χ0) is 25.4. The monoisotopic (exact) mass is 500 g/mol. The molecule has 2 heterocycles. The summed E-state index contributed by atoms with van der Waals surface area (Å²) in [4.78, 5) is 44.2. The van der Waals surface area contributed by atoms with E-state index < -0.39 is 23.4 Å². The minimum absolute atomic E-state index is 0. The lowest BCUT2D eigenvalue weighted by molar-refractivity contribution is -0.135. The highest BCUT2D eigenvalue weighted by atomic mass is 16.5. The van der Waals surface area contributed by atoms with Crippen molar-refractivity contribution in [2.45, 2.75) is 78.2 Å². The maximum Gasteiger partial charge on any atom is 0.250 e. The van der Waals surface area contributed by atoms with Crippen LogP contribution in [0, 0.1) is 0 Å². The summed E-state index contributed by atoms with van der Waals surface area (Å²) in [7, 11) is 0. The number of benzene rings is 1. The third-order valence-electron chi connectivity index (χ3n) is 5.93. The summed E-state index contributed by atoms with van der Waals surface area (Å²) in [5.41, 5.74) is 5.67. The van der Waals surface area contributed by atoms with Gasteiger partial charge in [-0.05, 0) is 45.6 Å². The number of amides is 3. The van der Waals surface area contributed by atoms with Crippen molar-refractivity contribution in [3.8, 4) is 0 Å². The van der Waals surface area contributed by atoms with E-state index in [1.54, 1.807) is 24.6 Å². The number of imidazole rings is 1. The van der Waals surface area contributed by atoms with Crippen molar-refractivity contribution >= 4 is 23.5 Å². The maximum absolute atomic E-state index is 13.0. The number of aromatic nitrogens is 2. The van der Waals surface area contributed by atoms with Gasteiger partial charge in [-0.3, -0.25) is 14.4 Å². The van der Waals surface area contributed by atoms with E-state index in [-0.39, 0.29) is 45.0 Å². The molecule has 2 aromatic rings. The Morgan fingerprint density at radius 1 is 1.22 bits per heavy atom. The predicted octanol–water partition coefficient (Wildman–Crippen LogP) is 2.30. The quantitative estimate of drug-likeness (QED) is 0.459. The van der Waals surface area contributed by atoms with Crippen molar-refractivity contribution in [1.82, 2.24) is 19.8 Å². The van der Waals surface area contributed by atoms with Gasteiger partial charge in [-0.2, -0.15) is 0 Å². The first kappa shape index (κ1) is 29.0. The summed E-state index contributed by atoms with van der Waals surface area (Å²) in [6.45, 7) is 6.34. The van der Waals surface area contributed by atoms with Crippen molar-refractivity contribution in [3.05, 3.63) is 48.4 Å². The van der Waals surface area contributed by atoms with Gasteiger partial charge in [0.15, 0.2) is 5.82 Å². The van der Waals surface area contributed by atoms with Crippen molar-refractivity contribution in [2.75, 3.05) is 18.5 Å². The van der Waals surface area contributed by atoms with Crippen LogP contribution in [0.25, 0.3) is 0 Å². The molecule has 1 aromatic heterocycles. The smallest absolute Gasteiger partial charge is 0.250 e. The molecule has 1 unspecified atom stereocenters. The molecule has 0 spiro atoms. The Morgan fingerprint density at radius 3 is 2.61 bits per heavy atom. The second kappa shape index (κ2) is 13.2. The van der Waals surface area contributed by atoms with E-state index in [1.807, 2.05) is 35.2 Å². The maximum atomic E-state index is 13.0. The van der Waals surface area contributed by atoms with Crippen LogP contribution in [-0.2, 0) is 32.3 Å². The standard InChI is InChI=1S/C25H36N6O4.CH4/c1-18-9-7-8-12-31(18)22(32)14-30-13-21(27-17-30)29-23(33)20(28-24(34)25(2,3)26)16-35-15-19-10-5-4-6-11-19;/h4-6,10-11,13,17-18,20H,7-9,12,14-16,26H2,1-3H3,(H,28,34)(H,29,33);1H4/t18?,20-;/m1./s1. The Balaban J connectivity index is 0.00000456. The van der Waals surface area contributed by atoms with E-state index in [2.05, 4.69) is 22.5 Å². The highest BCUT2D eigenvalue weighted by Crippen LogP contribution is 2.17. The molecule has 1 aliphatic heterocycles. The van der Waals surface area contributed by atoms with Crippen LogP contribution >= 0.6 is 0 Å². The van der Waals surface area contributed by atoms with Crippen LogP contribution in [0.4, 0.5) is 5.82 Å². The lowest BCUT2D eigenvalue weighted by Gasteiger charge is -2.33. The van der Waals surface area contributed by atoms with Gasteiger partial charge < -0.3 is 30.6 Å². The molecule has 198 valence electrons. The highest BCUT2D eigenvalue weighted by molar-refractivity contribution is 5.98. The Labute approximate surface area is 213 Å². The summed E-state index contributed by atoms with van der Waals surface area (Å²) in [5.74, 6) is -0.662. The SMILES string of the molecule is C.CC1CCCCN1C(=O)Cn1cnc(NC(=O)[C@@H](COCc2ccccc2)NC(=O)C(C)(C)N)c1. The number of nitrogens with two attached hydrogens (primary N) is 1. The molecule has 1 saturated heterocycles. The minimum Gasteiger partial charge on any atom is -0.374 e. The van der Waals surface area contributed by atoms with E-state index in [4.69, 9.17) is 10.5 Å². The van der Waals surface area contributed by atoms with Crippen LogP contribution in [0.5, 0.6) is 0 Å². The van der Waals surface area contributed by atoms with Gasteiger partial charge in [-0.15, -0.1) is 0 Å². The average Bonchev–Trinajstić information content (AvgIpc) is 3.25. The number of likely N-dealkylation sites (tertiary alicyclic amines) is 1. The molecule has 10 nitrogen and oxygen atoms in total.